The first-order valence-corrected chi connectivity index (χ1v) is 13.2. The number of nitriles is 2. The van der Waals surface area contributed by atoms with Crippen molar-refractivity contribution in [1.82, 2.24) is 0 Å². The van der Waals surface area contributed by atoms with Crippen molar-refractivity contribution in [2.24, 2.45) is 0 Å². The molecule has 0 bridgehead atoms. The van der Waals surface area contributed by atoms with E-state index in [4.69, 9.17) is 10.5 Å². The predicted molar refractivity (Wildman–Crippen MR) is 130 cm³/mol. The van der Waals surface area contributed by atoms with Crippen molar-refractivity contribution in [2.45, 2.75) is 13.1 Å². The molecule has 0 saturated carbocycles. The molecule has 0 amide bonds. The van der Waals surface area contributed by atoms with Crippen LogP contribution in [0.15, 0.2) is 97.1 Å². The van der Waals surface area contributed by atoms with E-state index >= 15 is 0 Å². The van der Waals surface area contributed by atoms with Gasteiger partial charge in [-0.3, -0.25) is 0 Å². The molecule has 0 aromatic heterocycles. The molecule has 4 aromatic rings. The average molecular weight is 415 g/mol. The molecule has 0 fully saturated rings. The van der Waals surface area contributed by atoms with Gasteiger partial charge in [-0.15, -0.1) is 0 Å². The van der Waals surface area contributed by atoms with Crippen molar-refractivity contribution in [1.29, 1.82) is 10.5 Å². The lowest BCUT2D eigenvalue weighted by Gasteiger charge is -2.24. The summed E-state index contributed by atoms with van der Waals surface area (Å²) in [5.74, 6) is 0. The molecular formula is C28H22N2Si. The molecule has 0 aliphatic heterocycles. The van der Waals surface area contributed by atoms with Gasteiger partial charge in [0.25, 0.3) is 0 Å². The zero-order valence-electron chi connectivity index (χ0n) is 17.6. The fraction of sp³-hybridized carbons (Fsp3) is 0.0714. The van der Waals surface area contributed by atoms with Crippen LogP contribution in [0.5, 0.6) is 0 Å². The molecule has 0 unspecified atom stereocenters. The van der Waals surface area contributed by atoms with Crippen molar-refractivity contribution in [3.05, 3.63) is 108 Å². The van der Waals surface area contributed by atoms with E-state index < -0.39 is 8.07 Å². The molecule has 31 heavy (non-hydrogen) atoms. The molecule has 2 nitrogen and oxygen atoms in total. The van der Waals surface area contributed by atoms with Crippen LogP contribution in [0.4, 0.5) is 0 Å². The molecule has 148 valence electrons. The van der Waals surface area contributed by atoms with Crippen LogP contribution in [0.2, 0.25) is 13.1 Å². The average Bonchev–Trinajstić information content (AvgIpc) is 2.84. The van der Waals surface area contributed by atoms with Gasteiger partial charge < -0.3 is 0 Å². The van der Waals surface area contributed by atoms with Crippen molar-refractivity contribution in [3.63, 3.8) is 0 Å². The number of nitrogens with zero attached hydrogens (tertiary/aromatic N) is 2. The Hall–Kier alpha value is -3.92. The molecule has 4 aromatic carbocycles. The summed E-state index contributed by atoms with van der Waals surface area (Å²) in [5, 5.41) is 20.7. The molecule has 0 atom stereocenters. The summed E-state index contributed by atoms with van der Waals surface area (Å²) in [4.78, 5) is 0. The molecule has 4 rings (SSSR count). The van der Waals surface area contributed by atoms with E-state index in [2.05, 4.69) is 73.8 Å². The van der Waals surface area contributed by atoms with Crippen molar-refractivity contribution >= 4 is 18.4 Å². The normalized spacial score (nSPS) is 10.8. The summed E-state index contributed by atoms with van der Waals surface area (Å²) in [6.07, 6.45) is 0. The maximum Gasteiger partial charge on any atom is 0.112 e. The minimum absolute atomic E-state index is 0.679. The smallest absolute Gasteiger partial charge is 0.112 e. The second-order valence-corrected chi connectivity index (χ2v) is 12.6. The highest BCUT2D eigenvalue weighted by atomic mass is 28.3. The summed E-state index contributed by atoms with van der Waals surface area (Å²) >= 11 is 0. The maximum atomic E-state index is 8.98. The molecule has 0 N–H and O–H groups in total. The lowest BCUT2D eigenvalue weighted by atomic mass is 10.0. The van der Waals surface area contributed by atoms with E-state index in [1.54, 1.807) is 0 Å². The van der Waals surface area contributed by atoms with Crippen LogP contribution < -0.4 is 10.4 Å². The summed E-state index contributed by atoms with van der Waals surface area (Å²) in [6.45, 7) is 4.75. The predicted octanol–water partition coefficient (Wildman–Crippen LogP) is 5.59. The summed E-state index contributed by atoms with van der Waals surface area (Å²) in [5.41, 5.74) is 5.92. The van der Waals surface area contributed by atoms with Gasteiger partial charge in [0.15, 0.2) is 0 Å². The SMILES string of the molecule is C[Si](C)(c1ccc(-c2ccc(C#N)cc2)cc1)c1ccc(-c2ccc(C#N)cc2)cc1. The molecular weight excluding hydrogens is 392 g/mol. The van der Waals surface area contributed by atoms with Gasteiger partial charge in [-0.25, -0.2) is 0 Å². The fourth-order valence-corrected chi connectivity index (χ4v) is 6.13. The highest BCUT2D eigenvalue weighted by Gasteiger charge is 2.25. The third kappa shape index (κ3) is 4.19. The third-order valence-corrected chi connectivity index (χ3v) is 9.46. The van der Waals surface area contributed by atoms with Crippen LogP contribution in [-0.4, -0.2) is 8.07 Å². The van der Waals surface area contributed by atoms with Crippen molar-refractivity contribution in [3.8, 4) is 34.4 Å². The van der Waals surface area contributed by atoms with Gasteiger partial charge in [0, 0.05) is 0 Å². The van der Waals surface area contributed by atoms with E-state index in [0.717, 1.165) is 22.3 Å². The molecule has 0 aliphatic rings. The van der Waals surface area contributed by atoms with E-state index in [-0.39, 0.29) is 0 Å². The van der Waals surface area contributed by atoms with Crippen molar-refractivity contribution in [2.75, 3.05) is 0 Å². The lowest BCUT2D eigenvalue weighted by Crippen LogP contribution is -2.52. The number of hydrogen-bond acceptors (Lipinski definition) is 2. The third-order valence-electron chi connectivity index (χ3n) is 5.91. The van der Waals surface area contributed by atoms with Gasteiger partial charge >= 0.3 is 0 Å². The largest absolute Gasteiger partial charge is 0.192 e. The van der Waals surface area contributed by atoms with E-state index in [1.165, 1.54) is 10.4 Å². The van der Waals surface area contributed by atoms with Gasteiger partial charge in [-0.1, -0.05) is 96.3 Å². The number of rotatable bonds is 4. The second kappa shape index (κ2) is 8.44. The molecule has 0 saturated heterocycles. The van der Waals surface area contributed by atoms with Crippen LogP contribution in [0, 0.1) is 22.7 Å². The summed E-state index contributed by atoms with van der Waals surface area (Å²) in [7, 11) is -1.82. The Morgan fingerprint density at radius 1 is 0.452 bits per heavy atom. The first kappa shape index (κ1) is 20.4. The van der Waals surface area contributed by atoms with Gasteiger partial charge in [-0.2, -0.15) is 10.5 Å². The first-order valence-electron chi connectivity index (χ1n) is 10.2. The highest BCUT2D eigenvalue weighted by molar-refractivity contribution is 7.00. The number of benzene rings is 4. The Kier molecular flexibility index (Phi) is 5.54. The Labute approximate surface area is 184 Å². The fourth-order valence-electron chi connectivity index (χ4n) is 3.80. The molecule has 3 heteroatoms. The van der Waals surface area contributed by atoms with E-state index in [1.807, 2.05) is 48.5 Å². The van der Waals surface area contributed by atoms with Gasteiger partial charge in [0.2, 0.25) is 0 Å². The minimum atomic E-state index is -1.82. The van der Waals surface area contributed by atoms with Crippen LogP contribution in [0.1, 0.15) is 11.1 Å². The zero-order valence-corrected chi connectivity index (χ0v) is 18.6. The van der Waals surface area contributed by atoms with Crippen molar-refractivity contribution < 1.29 is 0 Å². The van der Waals surface area contributed by atoms with Crippen LogP contribution in [0.25, 0.3) is 22.3 Å². The van der Waals surface area contributed by atoms with Crippen LogP contribution in [-0.2, 0) is 0 Å². The zero-order chi connectivity index (χ0) is 21.8. The highest BCUT2D eigenvalue weighted by Crippen LogP contribution is 2.21. The molecule has 0 spiro atoms. The monoisotopic (exact) mass is 414 g/mol. The number of hydrogen-bond donors (Lipinski definition) is 0. The summed E-state index contributed by atoms with van der Waals surface area (Å²) < 4.78 is 0. The topological polar surface area (TPSA) is 47.6 Å². The van der Waals surface area contributed by atoms with E-state index in [9.17, 15) is 0 Å². The second-order valence-electron chi connectivity index (χ2n) is 8.16. The standard InChI is InChI=1S/C28H22N2Si/c1-31(2,27-15-11-25(12-16-27)23-7-3-21(19-29)4-8-23)28-17-13-26(14-18-28)24-9-5-22(20-30)6-10-24/h3-18H,1-2H3. The Balaban J connectivity index is 1.57. The first-order chi connectivity index (χ1) is 15.0. The Morgan fingerprint density at radius 2 is 0.710 bits per heavy atom. The Bertz CT molecular complexity index is 1170. The lowest BCUT2D eigenvalue weighted by molar-refractivity contribution is 1.48. The maximum absolute atomic E-state index is 8.98. The molecule has 0 heterocycles. The van der Waals surface area contributed by atoms with Gasteiger partial charge in [0.05, 0.1) is 23.3 Å². The van der Waals surface area contributed by atoms with Gasteiger partial charge in [-0.05, 0) is 46.5 Å². The van der Waals surface area contributed by atoms with Crippen LogP contribution >= 0.6 is 0 Å². The minimum Gasteiger partial charge on any atom is -0.192 e. The van der Waals surface area contributed by atoms with Crippen LogP contribution in [0.3, 0.4) is 0 Å². The Morgan fingerprint density at radius 3 is 0.968 bits per heavy atom. The summed E-state index contributed by atoms with van der Waals surface area (Å²) in [6, 6.07) is 37.4. The van der Waals surface area contributed by atoms with E-state index in [0.29, 0.717) is 11.1 Å². The molecule has 0 aliphatic carbocycles. The quantitative estimate of drug-likeness (QED) is 0.409. The van der Waals surface area contributed by atoms with Gasteiger partial charge in [0.1, 0.15) is 8.07 Å². The molecule has 0 radical (unpaired) electrons.